The van der Waals surface area contributed by atoms with E-state index in [0.29, 0.717) is 12.0 Å². The molecule has 7 nitrogen and oxygen atoms in total. The Hall–Kier alpha value is -1.55. The van der Waals surface area contributed by atoms with Crippen LogP contribution in [0, 0.1) is 0 Å². The Kier molecular flexibility index (Phi) is 10.9. The lowest BCUT2D eigenvalue weighted by Crippen LogP contribution is -2.43. The van der Waals surface area contributed by atoms with Crippen molar-refractivity contribution in [3.63, 3.8) is 0 Å². The van der Waals surface area contributed by atoms with Crippen LogP contribution in [0.25, 0.3) is 0 Å². The number of ether oxygens (including phenoxy) is 1. The summed E-state index contributed by atoms with van der Waals surface area (Å²) in [7, 11) is 2.15. The number of carbonyl (C=O) groups excluding carboxylic acids is 1. The predicted molar refractivity (Wildman–Crippen MR) is 135 cm³/mol. The van der Waals surface area contributed by atoms with Gasteiger partial charge in [0.15, 0.2) is 5.96 Å². The molecule has 1 amide bonds. The van der Waals surface area contributed by atoms with E-state index in [2.05, 4.69) is 32.9 Å². The van der Waals surface area contributed by atoms with Crippen molar-refractivity contribution in [1.29, 1.82) is 0 Å². The summed E-state index contributed by atoms with van der Waals surface area (Å²) in [5, 5.41) is 9.63. The van der Waals surface area contributed by atoms with Crippen LogP contribution in [-0.4, -0.2) is 61.1 Å². The molecule has 1 aromatic carbocycles. The Balaban J connectivity index is 0.00000450. The minimum Gasteiger partial charge on any atom is -0.491 e. The molecule has 0 saturated carbocycles. The van der Waals surface area contributed by atoms with Crippen LogP contribution in [0.15, 0.2) is 29.3 Å². The van der Waals surface area contributed by atoms with E-state index in [-0.39, 0.29) is 48.1 Å². The first-order valence-corrected chi connectivity index (χ1v) is 10.5. The number of carbonyl (C=O) groups is 1. The number of likely N-dealkylation sites (N-methyl/N-ethyl adjacent to an activating group) is 1. The van der Waals surface area contributed by atoms with Crippen LogP contribution in [0.2, 0.25) is 0 Å². The molecular weight excluding hydrogens is 493 g/mol. The van der Waals surface area contributed by atoms with E-state index in [4.69, 9.17) is 4.74 Å². The first-order chi connectivity index (χ1) is 13.6. The van der Waals surface area contributed by atoms with E-state index in [1.165, 1.54) is 12.8 Å². The Morgan fingerprint density at radius 1 is 1.27 bits per heavy atom. The van der Waals surface area contributed by atoms with E-state index in [9.17, 15) is 4.79 Å². The molecule has 1 aromatic rings. The summed E-state index contributed by atoms with van der Waals surface area (Å²) in [5.74, 6) is 1.33. The number of nitrogens with one attached hydrogen (secondary N) is 3. The molecule has 3 N–H and O–H groups in total. The van der Waals surface area contributed by atoms with Gasteiger partial charge in [0.05, 0.1) is 6.10 Å². The third-order valence-corrected chi connectivity index (χ3v) is 4.56. The highest BCUT2D eigenvalue weighted by Crippen LogP contribution is 2.17. The van der Waals surface area contributed by atoms with Crippen LogP contribution in [0.4, 0.5) is 5.69 Å². The fourth-order valence-electron chi connectivity index (χ4n) is 3.23. The summed E-state index contributed by atoms with van der Waals surface area (Å²) in [6.45, 7) is 11.9. The largest absolute Gasteiger partial charge is 0.491 e. The van der Waals surface area contributed by atoms with Crippen LogP contribution in [0.3, 0.4) is 0 Å². The molecule has 1 atom stereocenters. The fraction of sp³-hybridized carbons (Fsp3) is 0.636. The first-order valence-electron chi connectivity index (χ1n) is 10.5. The number of anilines is 1. The van der Waals surface area contributed by atoms with Crippen LogP contribution in [0.1, 0.15) is 47.5 Å². The van der Waals surface area contributed by atoms with Crippen molar-refractivity contribution >= 4 is 41.5 Å². The molecule has 2 rings (SSSR count). The zero-order chi connectivity index (χ0) is 21.4. The maximum Gasteiger partial charge on any atom is 0.242 e. The van der Waals surface area contributed by atoms with E-state index in [1.54, 1.807) is 0 Å². The fourth-order valence-corrected chi connectivity index (χ4v) is 3.23. The average Bonchev–Trinajstić information content (AvgIpc) is 3.02. The van der Waals surface area contributed by atoms with Crippen molar-refractivity contribution in [3.05, 3.63) is 24.3 Å². The van der Waals surface area contributed by atoms with Crippen molar-refractivity contribution < 1.29 is 9.53 Å². The van der Waals surface area contributed by atoms with Gasteiger partial charge in [0.1, 0.15) is 12.3 Å². The Morgan fingerprint density at radius 3 is 2.47 bits per heavy atom. The highest BCUT2D eigenvalue weighted by molar-refractivity contribution is 14.0. The predicted octanol–water partition coefficient (Wildman–Crippen LogP) is 3.46. The maximum absolute atomic E-state index is 12.2. The van der Waals surface area contributed by atoms with Crippen LogP contribution >= 0.6 is 24.0 Å². The molecule has 1 aliphatic heterocycles. The molecule has 1 unspecified atom stereocenters. The number of halogens is 1. The number of guanidine groups is 1. The number of nitrogens with zero attached hydrogens (tertiary/aromatic N) is 2. The Morgan fingerprint density at radius 2 is 1.93 bits per heavy atom. The van der Waals surface area contributed by atoms with Gasteiger partial charge in [-0.2, -0.15) is 0 Å². The number of benzene rings is 1. The van der Waals surface area contributed by atoms with Gasteiger partial charge in [0.2, 0.25) is 5.91 Å². The molecule has 1 aliphatic rings. The summed E-state index contributed by atoms with van der Waals surface area (Å²) < 4.78 is 5.69. The van der Waals surface area contributed by atoms with Gasteiger partial charge in [0.25, 0.3) is 0 Å². The van der Waals surface area contributed by atoms with Gasteiger partial charge >= 0.3 is 0 Å². The van der Waals surface area contributed by atoms with Crippen LogP contribution in [0.5, 0.6) is 5.75 Å². The molecule has 1 saturated heterocycles. The van der Waals surface area contributed by atoms with E-state index < -0.39 is 0 Å². The van der Waals surface area contributed by atoms with Crippen molar-refractivity contribution in [1.82, 2.24) is 15.5 Å². The smallest absolute Gasteiger partial charge is 0.242 e. The lowest BCUT2D eigenvalue weighted by molar-refractivity contribution is -0.121. The van der Waals surface area contributed by atoms with Crippen molar-refractivity contribution in [2.45, 2.75) is 65.1 Å². The number of hydrogen-bond donors (Lipinski definition) is 3. The maximum atomic E-state index is 12.2. The molecule has 30 heavy (non-hydrogen) atoms. The lowest BCUT2D eigenvalue weighted by Gasteiger charge is -2.22. The quantitative estimate of drug-likeness (QED) is 0.286. The van der Waals surface area contributed by atoms with Crippen molar-refractivity contribution in [3.8, 4) is 5.75 Å². The van der Waals surface area contributed by atoms with Crippen LogP contribution in [-0.2, 0) is 4.79 Å². The monoisotopic (exact) mass is 531 g/mol. The lowest BCUT2D eigenvalue weighted by atomic mass is 10.1. The first kappa shape index (κ1) is 26.5. The van der Waals surface area contributed by atoms with Gasteiger partial charge in [-0.15, -0.1) is 24.0 Å². The third-order valence-electron chi connectivity index (χ3n) is 4.56. The SMILES string of the molecule is CC(C)Oc1ccc(NC(=NCC(=O)NC(C)(C)C)NCC2CCCN2C)cc1.I. The van der Waals surface area contributed by atoms with Gasteiger partial charge in [-0.3, -0.25) is 4.79 Å². The molecule has 1 fully saturated rings. The van der Waals surface area contributed by atoms with E-state index in [1.807, 2.05) is 58.9 Å². The van der Waals surface area contributed by atoms with E-state index in [0.717, 1.165) is 24.5 Å². The highest BCUT2D eigenvalue weighted by atomic mass is 127. The average molecular weight is 531 g/mol. The molecule has 8 heteroatoms. The molecular formula is C22H38IN5O2. The summed E-state index contributed by atoms with van der Waals surface area (Å²) in [6, 6.07) is 8.23. The molecule has 0 aliphatic carbocycles. The summed E-state index contributed by atoms with van der Waals surface area (Å²) in [5.41, 5.74) is 0.621. The van der Waals surface area contributed by atoms with Crippen molar-refractivity contribution in [2.75, 3.05) is 32.0 Å². The minimum atomic E-state index is -0.271. The zero-order valence-electron chi connectivity index (χ0n) is 19.1. The van der Waals surface area contributed by atoms with E-state index >= 15 is 0 Å². The molecule has 0 radical (unpaired) electrons. The topological polar surface area (TPSA) is 78.0 Å². The zero-order valence-corrected chi connectivity index (χ0v) is 21.4. The molecule has 0 aromatic heterocycles. The number of likely N-dealkylation sites (tertiary alicyclic amines) is 1. The normalized spacial score (nSPS) is 17.4. The Labute approximate surface area is 198 Å². The second kappa shape index (κ2) is 12.3. The van der Waals surface area contributed by atoms with Gasteiger partial charge in [0, 0.05) is 23.8 Å². The molecule has 0 bridgehead atoms. The second-order valence-corrected chi connectivity index (χ2v) is 8.94. The number of amides is 1. The van der Waals surface area contributed by atoms with Gasteiger partial charge < -0.3 is 25.6 Å². The second-order valence-electron chi connectivity index (χ2n) is 8.94. The molecule has 0 spiro atoms. The highest BCUT2D eigenvalue weighted by Gasteiger charge is 2.21. The summed E-state index contributed by atoms with van der Waals surface area (Å²) >= 11 is 0. The van der Waals surface area contributed by atoms with Crippen molar-refractivity contribution in [2.24, 2.45) is 4.99 Å². The number of rotatable bonds is 7. The molecule has 1 heterocycles. The van der Waals surface area contributed by atoms with Gasteiger partial charge in [-0.25, -0.2) is 4.99 Å². The summed E-state index contributed by atoms with van der Waals surface area (Å²) in [6.07, 6.45) is 2.52. The number of hydrogen-bond acceptors (Lipinski definition) is 4. The third kappa shape index (κ3) is 9.97. The van der Waals surface area contributed by atoms with Gasteiger partial charge in [-0.05, 0) is 85.3 Å². The minimum absolute atomic E-state index is 0. The van der Waals surface area contributed by atoms with Crippen LogP contribution < -0.4 is 20.7 Å². The standard InChI is InChI=1S/C22H37N5O2.HI/c1-16(2)29-19-11-9-17(10-12-19)25-21(23-14-18-8-7-13-27(18)6)24-15-20(28)26-22(3,4)5;/h9-12,16,18H,7-8,13-15H2,1-6H3,(H,26,28)(H2,23,24,25);1H. The summed E-state index contributed by atoms with van der Waals surface area (Å²) in [4.78, 5) is 19.0. The molecule has 170 valence electrons. The number of aliphatic imine (C=N–C) groups is 1. The Bertz CT molecular complexity index is 686. The van der Waals surface area contributed by atoms with Gasteiger partial charge in [-0.1, -0.05) is 0 Å².